The van der Waals surface area contributed by atoms with Crippen LogP contribution >= 0.6 is 34.0 Å². The van der Waals surface area contributed by atoms with Crippen molar-refractivity contribution in [3.8, 4) is 0 Å². The van der Waals surface area contributed by atoms with Gasteiger partial charge >= 0.3 is 0 Å². The molecule has 13 heavy (non-hydrogen) atoms. The molecule has 0 bridgehead atoms. The molecule has 0 amide bonds. The van der Waals surface area contributed by atoms with E-state index >= 15 is 0 Å². The van der Waals surface area contributed by atoms with Crippen molar-refractivity contribution in [1.29, 1.82) is 0 Å². The van der Waals surface area contributed by atoms with Gasteiger partial charge in [-0.15, -0.1) is 34.0 Å². The van der Waals surface area contributed by atoms with E-state index < -0.39 is 0 Å². The lowest BCUT2D eigenvalue weighted by Crippen LogP contribution is -1.64. The second-order valence-electron chi connectivity index (χ2n) is 2.98. The molecule has 0 saturated carbocycles. The predicted molar refractivity (Wildman–Crippen MR) is 64.5 cm³/mol. The summed E-state index contributed by atoms with van der Waals surface area (Å²) in [4.78, 5) is 1.51. The Balaban J connectivity index is 2.46. The Bertz CT molecular complexity index is 553. The number of thiophene rings is 3. The molecule has 0 saturated heterocycles. The number of rotatable bonds is 1. The molecule has 0 fully saturated rings. The van der Waals surface area contributed by atoms with Crippen molar-refractivity contribution in [3.05, 3.63) is 22.4 Å². The Kier molecular flexibility index (Phi) is 1.72. The highest BCUT2D eigenvalue weighted by Crippen LogP contribution is 2.41. The maximum absolute atomic E-state index is 2.34. The third-order valence-corrected chi connectivity index (χ3v) is 5.87. The van der Waals surface area contributed by atoms with Crippen LogP contribution in [0, 0.1) is 0 Å². The molecule has 0 N–H and O–H groups in total. The van der Waals surface area contributed by atoms with Gasteiger partial charge in [0.05, 0.1) is 9.40 Å². The Hall–Kier alpha value is -0.380. The number of hydrogen-bond acceptors (Lipinski definition) is 3. The molecule has 0 spiro atoms. The molecule has 0 atom stereocenters. The summed E-state index contributed by atoms with van der Waals surface area (Å²) in [6.45, 7) is 2.22. The monoisotopic (exact) mass is 224 g/mol. The van der Waals surface area contributed by atoms with E-state index in [4.69, 9.17) is 0 Å². The molecule has 0 aliphatic carbocycles. The third-order valence-electron chi connectivity index (χ3n) is 2.15. The van der Waals surface area contributed by atoms with Crippen molar-refractivity contribution in [2.75, 3.05) is 0 Å². The zero-order chi connectivity index (χ0) is 8.84. The molecule has 0 nitrogen and oxygen atoms in total. The Labute approximate surface area is 88.4 Å². The molecule has 0 aromatic carbocycles. The summed E-state index contributed by atoms with van der Waals surface area (Å²) < 4.78 is 5.93. The van der Waals surface area contributed by atoms with E-state index in [9.17, 15) is 0 Å². The van der Waals surface area contributed by atoms with E-state index in [1.807, 2.05) is 34.0 Å². The molecule has 0 aliphatic rings. The Morgan fingerprint density at radius 1 is 1.15 bits per heavy atom. The first-order chi connectivity index (χ1) is 6.38. The lowest BCUT2D eigenvalue weighted by Gasteiger charge is -1.81. The van der Waals surface area contributed by atoms with Crippen LogP contribution in [0.15, 0.2) is 17.5 Å². The highest BCUT2D eigenvalue weighted by Gasteiger charge is 2.08. The molecular weight excluding hydrogens is 216 g/mol. The quantitative estimate of drug-likeness (QED) is 0.560. The second-order valence-corrected chi connectivity index (χ2v) is 6.11. The van der Waals surface area contributed by atoms with Gasteiger partial charge in [0.25, 0.3) is 0 Å². The number of aryl methyl sites for hydroxylation is 1. The van der Waals surface area contributed by atoms with Crippen LogP contribution in [0.25, 0.3) is 18.8 Å². The zero-order valence-electron chi connectivity index (χ0n) is 7.16. The van der Waals surface area contributed by atoms with Gasteiger partial charge in [0.15, 0.2) is 0 Å². The molecule has 3 heterocycles. The van der Waals surface area contributed by atoms with Crippen molar-refractivity contribution in [2.24, 2.45) is 0 Å². The molecule has 3 rings (SSSR count). The topological polar surface area (TPSA) is 0 Å². The van der Waals surface area contributed by atoms with Gasteiger partial charge in [-0.05, 0) is 23.9 Å². The number of fused-ring (bicyclic) bond motifs is 3. The largest absolute Gasteiger partial charge is 0.141 e. The van der Waals surface area contributed by atoms with E-state index in [0.29, 0.717) is 0 Å². The second kappa shape index (κ2) is 2.80. The summed E-state index contributed by atoms with van der Waals surface area (Å²) in [5, 5.41) is 2.19. The van der Waals surface area contributed by atoms with Crippen LogP contribution < -0.4 is 0 Å². The average molecular weight is 224 g/mol. The number of hydrogen-bond donors (Lipinski definition) is 0. The highest BCUT2D eigenvalue weighted by molar-refractivity contribution is 7.38. The van der Waals surface area contributed by atoms with Gasteiger partial charge in [0, 0.05) is 14.3 Å². The van der Waals surface area contributed by atoms with E-state index in [1.165, 1.54) is 30.1 Å². The van der Waals surface area contributed by atoms with E-state index in [-0.39, 0.29) is 0 Å². The molecule has 0 radical (unpaired) electrons. The Morgan fingerprint density at radius 3 is 2.92 bits per heavy atom. The van der Waals surface area contributed by atoms with Crippen molar-refractivity contribution >= 4 is 52.8 Å². The van der Waals surface area contributed by atoms with Crippen molar-refractivity contribution in [1.82, 2.24) is 0 Å². The van der Waals surface area contributed by atoms with Crippen molar-refractivity contribution in [2.45, 2.75) is 13.3 Å². The van der Waals surface area contributed by atoms with Crippen molar-refractivity contribution in [3.63, 3.8) is 0 Å². The maximum Gasteiger partial charge on any atom is 0.0632 e. The van der Waals surface area contributed by atoms with E-state index in [0.717, 1.165) is 0 Å². The first-order valence-corrected chi connectivity index (χ1v) is 6.78. The molecule has 0 aliphatic heterocycles. The predicted octanol–water partition coefficient (Wildman–Crippen LogP) is 4.74. The molecule has 3 aromatic rings. The molecule has 66 valence electrons. The molecule has 0 unspecified atom stereocenters. The van der Waals surface area contributed by atoms with Crippen LogP contribution in [0.1, 0.15) is 11.8 Å². The summed E-state index contributed by atoms with van der Waals surface area (Å²) in [5.41, 5.74) is 0. The van der Waals surface area contributed by atoms with Gasteiger partial charge in [0.2, 0.25) is 0 Å². The van der Waals surface area contributed by atoms with Gasteiger partial charge in [0.1, 0.15) is 0 Å². The van der Waals surface area contributed by atoms with Crippen LogP contribution in [-0.4, -0.2) is 0 Å². The third kappa shape index (κ3) is 1.08. The van der Waals surface area contributed by atoms with Gasteiger partial charge in [-0.3, -0.25) is 0 Å². The summed E-state index contributed by atoms with van der Waals surface area (Å²) in [6, 6.07) is 4.57. The average Bonchev–Trinajstić information content (AvgIpc) is 2.72. The maximum atomic E-state index is 2.34. The molecule has 3 aromatic heterocycles. The van der Waals surface area contributed by atoms with Crippen LogP contribution in [0.2, 0.25) is 0 Å². The van der Waals surface area contributed by atoms with Gasteiger partial charge < -0.3 is 0 Å². The van der Waals surface area contributed by atoms with Crippen LogP contribution in [0.5, 0.6) is 0 Å². The first-order valence-electron chi connectivity index (χ1n) is 4.27. The van der Waals surface area contributed by atoms with Crippen LogP contribution in [-0.2, 0) is 6.42 Å². The minimum absolute atomic E-state index is 1.17. The van der Waals surface area contributed by atoms with E-state index in [2.05, 4.69) is 24.4 Å². The molecule has 3 heteroatoms. The minimum atomic E-state index is 1.17. The van der Waals surface area contributed by atoms with Gasteiger partial charge in [-0.25, -0.2) is 0 Å². The highest BCUT2D eigenvalue weighted by atomic mass is 32.1. The zero-order valence-corrected chi connectivity index (χ0v) is 9.61. The van der Waals surface area contributed by atoms with Gasteiger partial charge in [-0.2, -0.15) is 0 Å². The first kappa shape index (κ1) is 7.97. The van der Waals surface area contributed by atoms with Gasteiger partial charge in [-0.1, -0.05) is 6.92 Å². The normalized spacial score (nSPS) is 11.8. The molecular formula is C10H8S3. The SMILES string of the molecule is CCc1cc2sc3ccsc3c2s1. The fourth-order valence-corrected chi connectivity index (χ4v) is 5.22. The van der Waals surface area contributed by atoms with Crippen LogP contribution in [0.3, 0.4) is 0 Å². The smallest absolute Gasteiger partial charge is 0.0632 e. The lowest BCUT2D eigenvalue weighted by molar-refractivity contribution is 1.19. The van der Waals surface area contributed by atoms with Crippen LogP contribution in [0.4, 0.5) is 0 Å². The minimum Gasteiger partial charge on any atom is -0.141 e. The standard InChI is InChI=1S/C10H8S3/c1-2-6-5-8-10(12-6)9-7(13-8)3-4-11-9/h3-5H,2H2,1H3. The summed E-state index contributed by atoms with van der Waals surface area (Å²) in [7, 11) is 0. The fraction of sp³-hybridized carbons (Fsp3) is 0.200. The summed E-state index contributed by atoms with van der Waals surface area (Å²) in [5.74, 6) is 0. The summed E-state index contributed by atoms with van der Waals surface area (Å²) in [6.07, 6.45) is 1.17. The summed E-state index contributed by atoms with van der Waals surface area (Å²) >= 11 is 5.75. The fourth-order valence-electron chi connectivity index (χ4n) is 1.49. The lowest BCUT2D eigenvalue weighted by atomic mass is 10.4. The van der Waals surface area contributed by atoms with Crippen molar-refractivity contribution < 1.29 is 0 Å². The Morgan fingerprint density at radius 2 is 2.08 bits per heavy atom. The van der Waals surface area contributed by atoms with E-state index in [1.54, 1.807) is 0 Å².